The lowest BCUT2D eigenvalue weighted by Gasteiger charge is -2.10. The number of halogens is 1. The Labute approximate surface area is 123 Å². The minimum atomic E-state index is -0.436. The van der Waals surface area contributed by atoms with Gasteiger partial charge in [0.05, 0.1) is 17.4 Å². The Morgan fingerprint density at radius 1 is 1.52 bits per heavy atom. The van der Waals surface area contributed by atoms with Crippen LogP contribution in [0, 0.1) is 17.7 Å². The molecule has 1 aliphatic heterocycles. The molecule has 1 atom stereocenters. The first-order valence-corrected chi connectivity index (χ1v) is 7.00. The van der Waals surface area contributed by atoms with Gasteiger partial charge in [0.1, 0.15) is 12.4 Å². The standard InChI is InChI=1S/C16H18FNO3/c17-13-5-7-15(12(11-13)3-1-9-19)18-16(20)8-6-14-4-2-10-21-14/h5,7,11,14,19H,2,4,6,8-10H2,(H,18,20). The maximum Gasteiger partial charge on any atom is 0.224 e. The van der Waals surface area contributed by atoms with Crippen LogP contribution in [0.3, 0.4) is 0 Å². The Kier molecular flexibility index (Phi) is 5.73. The van der Waals surface area contributed by atoms with E-state index in [9.17, 15) is 9.18 Å². The summed E-state index contributed by atoms with van der Waals surface area (Å²) in [6, 6.07) is 3.97. The highest BCUT2D eigenvalue weighted by Crippen LogP contribution is 2.19. The van der Waals surface area contributed by atoms with Crippen LogP contribution in [0.2, 0.25) is 0 Å². The fourth-order valence-electron chi connectivity index (χ4n) is 2.24. The third kappa shape index (κ3) is 4.85. The van der Waals surface area contributed by atoms with Gasteiger partial charge in [-0.05, 0) is 37.5 Å². The topological polar surface area (TPSA) is 58.6 Å². The van der Waals surface area contributed by atoms with Gasteiger partial charge in [0.15, 0.2) is 0 Å². The summed E-state index contributed by atoms with van der Waals surface area (Å²) >= 11 is 0. The van der Waals surface area contributed by atoms with Crippen molar-refractivity contribution in [2.24, 2.45) is 0 Å². The van der Waals surface area contributed by atoms with E-state index in [0.29, 0.717) is 24.1 Å². The average Bonchev–Trinajstić information content (AvgIpc) is 2.98. The highest BCUT2D eigenvalue weighted by molar-refractivity contribution is 5.92. The fraction of sp³-hybridized carbons (Fsp3) is 0.438. The summed E-state index contributed by atoms with van der Waals surface area (Å²) in [4.78, 5) is 11.9. The van der Waals surface area contributed by atoms with E-state index in [0.717, 1.165) is 19.4 Å². The maximum absolute atomic E-state index is 13.2. The van der Waals surface area contributed by atoms with E-state index in [2.05, 4.69) is 17.2 Å². The molecule has 21 heavy (non-hydrogen) atoms. The molecule has 0 spiro atoms. The number of hydrogen-bond donors (Lipinski definition) is 2. The lowest BCUT2D eigenvalue weighted by Crippen LogP contribution is -2.16. The zero-order valence-corrected chi connectivity index (χ0v) is 11.7. The molecule has 1 aliphatic rings. The van der Waals surface area contributed by atoms with Gasteiger partial charge < -0.3 is 15.2 Å². The van der Waals surface area contributed by atoms with E-state index in [-0.39, 0.29) is 18.6 Å². The summed E-state index contributed by atoms with van der Waals surface area (Å²) in [5, 5.41) is 11.4. The van der Waals surface area contributed by atoms with Crippen molar-refractivity contribution in [1.82, 2.24) is 0 Å². The number of amides is 1. The third-order valence-corrected chi connectivity index (χ3v) is 3.28. The van der Waals surface area contributed by atoms with Gasteiger partial charge >= 0.3 is 0 Å². The Bertz CT molecular complexity index is 556. The lowest BCUT2D eigenvalue weighted by molar-refractivity contribution is -0.116. The summed E-state index contributed by atoms with van der Waals surface area (Å²) in [6.07, 6.45) is 3.25. The number of benzene rings is 1. The second kappa shape index (κ2) is 7.77. The summed E-state index contributed by atoms with van der Waals surface area (Å²) in [6.45, 7) is 0.452. The predicted octanol–water partition coefficient (Wildman–Crippen LogP) is 2.07. The van der Waals surface area contributed by atoms with Gasteiger partial charge in [-0.1, -0.05) is 11.8 Å². The van der Waals surface area contributed by atoms with Crippen LogP contribution in [-0.2, 0) is 9.53 Å². The van der Waals surface area contributed by atoms with Crippen molar-refractivity contribution in [2.75, 3.05) is 18.5 Å². The molecule has 0 aliphatic carbocycles. The highest BCUT2D eigenvalue weighted by Gasteiger charge is 2.17. The minimum absolute atomic E-state index is 0.149. The van der Waals surface area contributed by atoms with Crippen LogP contribution >= 0.6 is 0 Å². The SMILES string of the molecule is O=C(CCC1CCCO1)Nc1ccc(F)cc1C#CCO. The molecule has 112 valence electrons. The van der Waals surface area contributed by atoms with E-state index in [1.165, 1.54) is 18.2 Å². The Morgan fingerprint density at radius 2 is 2.38 bits per heavy atom. The zero-order chi connectivity index (χ0) is 15.1. The summed E-state index contributed by atoms with van der Waals surface area (Å²) in [7, 11) is 0. The number of hydrogen-bond acceptors (Lipinski definition) is 3. The minimum Gasteiger partial charge on any atom is -0.384 e. The largest absolute Gasteiger partial charge is 0.384 e. The van der Waals surface area contributed by atoms with Crippen LogP contribution < -0.4 is 5.32 Å². The van der Waals surface area contributed by atoms with Gasteiger partial charge in [0.25, 0.3) is 0 Å². The van der Waals surface area contributed by atoms with Crippen LogP contribution in [0.5, 0.6) is 0 Å². The maximum atomic E-state index is 13.2. The molecule has 1 heterocycles. The average molecular weight is 291 g/mol. The second-order valence-electron chi connectivity index (χ2n) is 4.87. The van der Waals surface area contributed by atoms with Crippen molar-refractivity contribution in [1.29, 1.82) is 0 Å². The molecule has 0 bridgehead atoms. The van der Waals surface area contributed by atoms with Crippen LogP contribution in [0.25, 0.3) is 0 Å². The first-order chi connectivity index (χ1) is 10.2. The molecule has 1 aromatic carbocycles. The van der Waals surface area contributed by atoms with Gasteiger partial charge in [0.2, 0.25) is 5.91 Å². The smallest absolute Gasteiger partial charge is 0.224 e. The number of ether oxygens (including phenoxy) is 1. The molecule has 2 N–H and O–H groups in total. The van der Waals surface area contributed by atoms with Crippen LogP contribution in [0.15, 0.2) is 18.2 Å². The number of nitrogens with one attached hydrogen (secondary N) is 1. The Morgan fingerprint density at radius 3 is 3.10 bits per heavy atom. The number of carbonyl (C=O) groups excluding carboxylic acids is 1. The second-order valence-corrected chi connectivity index (χ2v) is 4.87. The van der Waals surface area contributed by atoms with E-state index in [1.54, 1.807) is 0 Å². The third-order valence-electron chi connectivity index (χ3n) is 3.28. The van der Waals surface area contributed by atoms with Crippen molar-refractivity contribution in [3.05, 3.63) is 29.6 Å². The van der Waals surface area contributed by atoms with Gasteiger partial charge in [0, 0.05) is 13.0 Å². The zero-order valence-electron chi connectivity index (χ0n) is 11.7. The molecule has 1 fully saturated rings. The molecule has 0 saturated carbocycles. The number of anilines is 1. The van der Waals surface area contributed by atoms with E-state index in [4.69, 9.17) is 9.84 Å². The van der Waals surface area contributed by atoms with E-state index >= 15 is 0 Å². The molecule has 1 saturated heterocycles. The predicted molar refractivity (Wildman–Crippen MR) is 77.2 cm³/mol. The number of carbonyl (C=O) groups is 1. The molecular formula is C16H18FNO3. The summed E-state index contributed by atoms with van der Waals surface area (Å²) in [5.41, 5.74) is 0.809. The first-order valence-electron chi connectivity index (χ1n) is 7.00. The fourth-order valence-corrected chi connectivity index (χ4v) is 2.24. The van der Waals surface area contributed by atoms with Crippen LogP contribution in [0.4, 0.5) is 10.1 Å². The highest BCUT2D eigenvalue weighted by atomic mass is 19.1. The number of rotatable bonds is 4. The van der Waals surface area contributed by atoms with Crippen molar-refractivity contribution in [3.8, 4) is 11.8 Å². The molecule has 1 unspecified atom stereocenters. The van der Waals surface area contributed by atoms with Gasteiger partial charge in [-0.15, -0.1) is 0 Å². The van der Waals surface area contributed by atoms with Crippen LogP contribution in [-0.4, -0.2) is 30.3 Å². The van der Waals surface area contributed by atoms with Crippen molar-refractivity contribution < 1.29 is 19.0 Å². The molecule has 0 aromatic heterocycles. The molecule has 4 nitrogen and oxygen atoms in total. The molecule has 5 heteroatoms. The normalized spacial score (nSPS) is 17.1. The van der Waals surface area contributed by atoms with E-state index in [1.807, 2.05) is 0 Å². The first kappa shape index (κ1) is 15.5. The number of aliphatic hydroxyl groups excluding tert-OH is 1. The lowest BCUT2D eigenvalue weighted by atomic mass is 10.1. The van der Waals surface area contributed by atoms with Crippen molar-refractivity contribution in [2.45, 2.75) is 31.8 Å². The summed E-state index contributed by atoms with van der Waals surface area (Å²) in [5.74, 6) is 4.49. The Hall–Kier alpha value is -1.90. The molecule has 1 aromatic rings. The van der Waals surface area contributed by atoms with Crippen LogP contribution in [0.1, 0.15) is 31.2 Å². The molecule has 1 amide bonds. The van der Waals surface area contributed by atoms with Gasteiger partial charge in [-0.2, -0.15) is 0 Å². The number of aliphatic hydroxyl groups is 1. The van der Waals surface area contributed by atoms with E-state index < -0.39 is 5.82 Å². The van der Waals surface area contributed by atoms with Gasteiger partial charge in [-0.25, -0.2) is 4.39 Å². The van der Waals surface area contributed by atoms with Crippen molar-refractivity contribution >= 4 is 11.6 Å². The monoisotopic (exact) mass is 291 g/mol. The quantitative estimate of drug-likeness (QED) is 0.835. The molecular weight excluding hydrogens is 273 g/mol. The van der Waals surface area contributed by atoms with Crippen molar-refractivity contribution in [3.63, 3.8) is 0 Å². The Balaban J connectivity index is 1.95. The van der Waals surface area contributed by atoms with Gasteiger partial charge in [-0.3, -0.25) is 4.79 Å². The molecule has 2 rings (SSSR count). The molecule has 0 radical (unpaired) electrons. The summed E-state index contributed by atoms with van der Waals surface area (Å²) < 4.78 is 18.7.